The van der Waals surface area contributed by atoms with Gasteiger partial charge in [-0.05, 0) is 31.5 Å². The number of ether oxygens (including phenoxy) is 1. The van der Waals surface area contributed by atoms with E-state index in [1.807, 2.05) is 30.5 Å². The highest BCUT2D eigenvalue weighted by atomic mass is 35.5. The Morgan fingerprint density at radius 2 is 2.28 bits per heavy atom. The van der Waals surface area contributed by atoms with Crippen LogP contribution in [0.2, 0.25) is 5.02 Å². The van der Waals surface area contributed by atoms with Crippen LogP contribution in [-0.2, 0) is 11.3 Å². The Labute approximate surface area is 181 Å². The average molecular weight is 451 g/mol. The Hall–Kier alpha value is -2.43. The van der Waals surface area contributed by atoms with E-state index in [1.54, 1.807) is 17.7 Å². The van der Waals surface area contributed by atoms with Gasteiger partial charge in [0, 0.05) is 6.54 Å². The molecule has 0 bridgehead atoms. The second-order valence-corrected chi connectivity index (χ2v) is 8.20. The Bertz CT molecular complexity index is 992. The molecule has 0 radical (unpaired) electrons. The second-order valence-electron chi connectivity index (χ2n) is 6.01. The third kappa shape index (κ3) is 5.55. The first kappa shape index (κ1) is 21.3. The van der Waals surface area contributed by atoms with E-state index in [4.69, 9.17) is 16.3 Å². The van der Waals surface area contributed by atoms with Gasteiger partial charge in [-0.3, -0.25) is 14.7 Å². The molecule has 0 fully saturated rings. The average Bonchev–Trinajstić information content (AvgIpc) is 3.33. The third-order valence-electron chi connectivity index (χ3n) is 3.75. The summed E-state index contributed by atoms with van der Waals surface area (Å²) in [5, 5.41) is 20.2. The van der Waals surface area contributed by atoms with Crippen molar-refractivity contribution < 1.29 is 9.53 Å². The second kappa shape index (κ2) is 9.86. The van der Waals surface area contributed by atoms with Crippen molar-refractivity contribution in [2.45, 2.75) is 31.7 Å². The summed E-state index contributed by atoms with van der Waals surface area (Å²) in [6.07, 6.45) is 1.34. The Kier molecular flexibility index (Phi) is 7.24. The quantitative estimate of drug-likeness (QED) is 0.386. The van der Waals surface area contributed by atoms with Gasteiger partial charge in [-0.15, -0.1) is 27.0 Å². The van der Waals surface area contributed by atoms with Crippen molar-refractivity contribution in [1.29, 1.82) is 0 Å². The number of nitrogens with one attached hydrogen (secondary N) is 1. The zero-order valence-electron chi connectivity index (χ0n) is 15.8. The summed E-state index contributed by atoms with van der Waals surface area (Å²) in [7, 11) is 0. The van der Waals surface area contributed by atoms with E-state index in [9.17, 15) is 4.79 Å². The topological polar surface area (TPSA) is 94.8 Å². The number of thioether (sulfide) groups is 1. The lowest BCUT2D eigenvalue weighted by molar-refractivity contribution is -0.113. The maximum absolute atomic E-state index is 12.1. The number of halogens is 1. The predicted octanol–water partition coefficient (Wildman–Crippen LogP) is 4.15. The van der Waals surface area contributed by atoms with Crippen LogP contribution in [0.4, 0.5) is 5.13 Å². The number of hydrogen-bond donors (Lipinski definition) is 1. The summed E-state index contributed by atoms with van der Waals surface area (Å²) in [5.74, 6) is 1.16. The molecule has 1 amide bonds. The molecule has 0 saturated carbocycles. The molecule has 0 aliphatic heterocycles. The van der Waals surface area contributed by atoms with Gasteiger partial charge in [-0.2, -0.15) is 0 Å². The van der Waals surface area contributed by atoms with Gasteiger partial charge >= 0.3 is 0 Å². The fourth-order valence-corrected chi connectivity index (χ4v) is 3.84. The molecule has 0 spiro atoms. The molecule has 2 heterocycles. The summed E-state index contributed by atoms with van der Waals surface area (Å²) in [5.41, 5.74) is 2.60. The van der Waals surface area contributed by atoms with Crippen LogP contribution < -0.4 is 10.1 Å². The van der Waals surface area contributed by atoms with Crippen molar-refractivity contribution in [2.75, 3.05) is 11.1 Å². The molecule has 0 aliphatic rings. The third-order valence-corrected chi connectivity index (χ3v) is 5.64. The van der Waals surface area contributed by atoms with Crippen LogP contribution in [0.1, 0.15) is 24.4 Å². The number of hydrogen-bond acceptors (Lipinski definition) is 8. The van der Waals surface area contributed by atoms with Crippen molar-refractivity contribution in [3.8, 4) is 5.75 Å². The SMILES string of the molecule is C=CCn1c(SCC(=O)Nc2nncs2)nnc1C(C)Oc1cc(C)ccc1Cl. The molecule has 0 aliphatic carbocycles. The summed E-state index contributed by atoms with van der Waals surface area (Å²) < 4.78 is 7.88. The maximum atomic E-state index is 12.1. The minimum Gasteiger partial charge on any atom is -0.481 e. The van der Waals surface area contributed by atoms with Crippen LogP contribution in [0, 0.1) is 6.92 Å². The number of rotatable bonds is 9. The molecule has 1 N–H and O–H groups in total. The number of allylic oxidation sites excluding steroid dienone is 1. The smallest absolute Gasteiger partial charge is 0.236 e. The normalized spacial score (nSPS) is 11.8. The van der Waals surface area contributed by atoms with Crippen LogP contribution >= 0.6 is 34.7 Å². The fourth-order valence-electron chi connectivity index (χ4n) is 2.47. The van der Waals surface area contributed by atoms with Crippen LogP contribution in [0.5, 0.6) is 5.75 Å². The number of aromatic nitrogens is 5. The molecule has 11 heteroatoms. The molecular formula is C18H19ClN6O2S2. The summed E-state index contributed by atoms with van der Waals surface area (Å²) in [6.45, 7) is 8.12. The van der Waals surface area contributed by atoms with Crippen molar-refractivity contribution in [3.05, 3.63) is 52.8 Å². The van der Waals surface area contributed by atoms with E-state index in [-0.39, 0.29) is 11.7 Å². The van der Waals surface area contributed by atoms with E-state index in [0.29, 0.717) is 33.4 Å². The van der Waals surface area contributed by atoms with Gasteiger partial charge in [0.05, 0.1) is 10.8 Å². The zero-order chi connectivity index (χ0) is 20.8. The number of nitrogens with zero attached hydrogens (tertiary/aromatic N) is 5. The first-order chi connectivity index (χ1) is 14.0. The van der Waals surface area contributed by atoms with Gasteiger partial charge in [0.2, 0.25) is 11.0 Å². The molecule has 0 saturated heterocycles. The molecule has 8 nitrogen and oxygen atoms in total. The summed E-state index contributed by atoms with van der Waals surface area (Å²) in [4.78, 5) is 12.1. The van der Waals surface area contributed by atoms with Crippen LogP contribution in [-0.4, -0.2) is 36.6 Å². The number of benzene rings is 1. The summed E-state index contributed by atoms with van der Waals surface area (Å²) >= 11 is 8.76. The number of carbonyl (C=O) groups is 1. The van der Waals surface area contributed by atoms with Gasteiger partial charge in [-0.25, -0.2) is 0 Å². The van der Waals surface area contributed by atoms with Gasteiger partial charge in [0.15, 0.2) is 17.1 Å². The van der Waals surface area contributed by atoms with E-state index >= 15 is 0 Å². The lowest BCUT2D eigenvalue weighted by Gasteiger charge is -2.17. The monoisotopic (exact) mass is 450 g/mol. The highest BCUT2D eigenvalue weighted by Crippen LogP contribution is 2.30. The largest absolute Gasteiger partial charge is 0.481 e. The Balaban J connectivity index is 1.71. The van der Waals surface area contributed by atoms with Crippen molar-refractivity contribution in [1.82, 2.24) is 25.0 Å². The van der Waals surface area contributed by atoms with E-state index in [0.717, 1.165) is 5.56 Å². The van der Waals surface area contributed by atoms with Gasteiger partial charge < -0.3 is 4.74 Å². The molecule has 1 aromatic carbocycles. The lowest BCUT2D eigenvalue weighted by atomic mass is 10.2. The van der Waals surface area contributed by atoms with Crippen LogP contribution in [0.25, 0.3) is 0 Å². The van der Waals surface area contributed by atoms with Crippen molar-refractivity contribution in [2.24, 2.45) is 0 Å². The molecule has 2 aromatic heterocycles. The molecule has 152 valence electrons. The zero-order valence-corrected chi connectivity index (χ0v) is 18.2. The molecular weight excluding hydrogens is 432 g/mol. The minimum absolute atomic E-state index is 0.161. The minimum atomic E-state index is -0.397. The Morgan fingerprint density at radius 3 is 3.00 bits per heavy atom. The molecule has 3 rings (SSSR count). The highest BCUT2D eigenvalue weighted by molar-refractivity contribution is 7.99. The van der Waals surface area contributed by atoms with Crippen molar-refractivity contribution in [3.63, 3.8) is 0 Å². The number of aryl methyl sites for hydroxylation is 1. The van der Waals surface area contributed by atoms with Crippen molar-refractivity contribution >= 4 is 45.7 Å². The lowest BCUT2D eigenvalue weighted by Crippen LogP contribution is -2.15. The number of carbonyl (C=O) groups excluding carboxylic acids is 1. The molecule has 1 unspecified atom stereocenters. The predicted molar refractivity (Wildman–Crippen MR) is 115 cm³/mol. The first-order valence-electron chi connectivity index (χ1n) is 8.63. The van der Waals surface area contributed by atoms with E-state index in [2.05, 4.69) is 32.3 Å². The fraction of sp³-hybridized carbons (Fsp3) is 0.278. The van der Waals surface area contributed by atoms with E-state index in [1.165, 1.54) is 23.1 Å². The number of amides is 1. The van der Waals surface area contributed by atoms with Crippen LogP contribution in [0.3, 0.4) is 0 Å². The van der Waals surface area contributed by atoms with Gasteiger partial charge in [0.25, 0.3) is 0 Å². The first-order valence-corrected chi connectivity index (χ1v) is 10.9. The number of anilines is 1. The van der Waals surface area contributed by atoms with Gasteiger partial charge in [-0.1, -0.05) is 46.8 Å². The highest BCUT2D eigenvalue weighted by Gasteiger charge is 2.20. The molecule has 1 atom stereocenters. The Morgan fingerprint density at radius 1 is 1.45 bits per heavy atom. The maximum Gasteiger partial charge on any atom is 0.236 e. The molecule has 29 heavy (non-hydrogen) atoms. The van der Waals surface area contributed by atoms with Crippen LogP contribution in [0.15, 0.2) is 41.5 Å². The van der Waals surface area contributed by atoms with Gasteiger partial charge in [0.1, 0.15) is 11.3 Å². The molecule has 3 aromatic rings. The van der Waals surface area contributed by atoms with E-state index < -0.39 is 6.10 Å². The standard InChI is InChI=1S/C18H19ClN6O2S2/c1-4-7-25-16(12(3)27-14-8-11(2)5-6-13(14)19)22-24-18(25)28-9-15(26)21-17-23-20-10-29-17/h4-6,8,10,12H,1,7,9H2,2-3H3,(H,21,23,26). The summed E-state index contributed by atoms with van der Waals surface area (Å²) in [6, 6.07) is 5.59.